The first-order chi connectivity index (χ1) is 11.6. The average molecular weight is 406 g/mol. The van der Waals surface area contributed by atoms with Crippen LogP contribution in [0.2, 0.25) is 0 Å². The molecule has 2 nitrogen and oxygen atoms in total. The first kappa shape index (κ1) is 19.1. The Morgan fingerprint density at radius 3 is 2.38 bits per heavy atom. The minimum absolute atomic E-state index is 0.0982. The molecule has 0 spiro atoms. The van der Waals surface area contributed by atoms with Crippen LogP contribution < -0.4 is 5.32 Å². The smallest absolute Gasteiger partial charge is 0.230 e. The minimum Gasteiger partial charge on any atom is -0.351 e. The molecule has 0 radical (unpaired) electrons. The molecule has 24 heavy (non-hydrogen) atoms. The van der Waals surface area contributed by atoms with E-state index in [0.29, 0.717) is 12.3 Å². The maximum absolute atomic E-state index is 12.1. The number of amides is 1. The summed E-state index contributed by atoms with van der Waals surface area (Å²) in [6, 6.07) is 14.8. The summed E-state index contributed by atoms with van der Waals surface area (Å²) < 4.78 is 1.08. The van der Waals surface area contributed by atoms with Crippen LogP contribution in [0.5, 0.6) is 0 Å². The Hall–Kier alpha value is -1.26. The highest BCUT2D eigenvalue weighted by atomic mass is 79.9. The van der Waals surface area contributed by atoms with Crippen LogP contribution >= 0.6 is 27.7 Å². The highest BCUT2D eigenvalue weighted by Gasteiger charge is 2.06. The van der Waals surface area contributed by atoms with E-state index >= 15 is 0 Å². The van der Waals surface area contributed by atoms with Gasteiger partial charge in [-0.3, -0.25) is 4.79 Å². The fourth-order valence-electron chi connectivity index (χ4n) is 2.50. The predicted molar refractivity (Wildman–Crippen MR) is 107 cm³/mol. The third kappa shape index (κ3) is 5.99. The lowest BCUT2D eigenvalue weighted by atomic mass is 10.0. The van der Waals surface area contributed by atoms with Gasteiger partial charge in [0.05, 0.1) is 5.75 Å². The topological polar surface area (TPSA) is 29.1 Å². The van der Waals surface area contributed by atoms with Gasteiger partial charge in [0.25, 0.3) is 0 Å². The van der Waals surface area contributed by atoms with E-state index in [0.717, 1.165) is 23.1 Å². The summed E-state index contributed by atoms with van der Waals surface area (Å²) in [5.41, 5.74) is 5.11. The first-order valence-electron chi connectivity index (χ1n) is 8.32. The van der Waals surface area contributed by atoms with E-state index in [4.69, 9.17) is 0 Å². The van der Waals surface area contributed by atoms with Crippen molar-refractivity contribution in [1.82, 2.24) is 5.32 Å². The molecule has 0 fully saturated rings. The van der Waals surface area contributed by atoms with Crippen molar-refractivity contribution in [1.29, 1.82) is 0 Å². The number of aryl methyl sites for hydroxylation is 2. The van der Waals surface area contributed by atoms with E-state index in [-0.39, 0.29) is 5.91 Å². The highest BCUT2D eigenvalue weighted by Crippen LogP contribution is 2.16. The Labute approximate surface area is 157 Å². The molecule has 4 heteroatoms. The zero-order valence-electron chi connectivity index (χ0n) is 14.3. The maximum Gasteiger partial charge on any atom is 0.230 e. The van der Waals surface area contributed by atoms with Gasteiger partial charge in [-0.05, 0) is 47.2 Å². The third-order valence-electron chi connectivity index (χ3n) is 3.95. The molecule has 2 rings (SSSR count). The van der Waals surface area contributed by atoms with Crippen LogP contribution in [-0.2, 0) is 29.9 Å². The van der Waals surface area contributed by atoms with Crippen LogP contribution in [0.1, 0.15) is 36.1 Å². The highest BCUT2D eigenvalue weighted by molar-refractivity contribution is 9.10. The van der Waals surface area contributed by atoms with E-state index in [9.17, 15) is 4.79 Å². The minimum atomic E-state index is 0.0982. The number of hydrogen-bond acceptors (Lipinski definition) is 2. The number of hydrogen-bond donors (Lipinski definition) is 1. The number of halogens is 1. The summed E-state index contributed by atoms with van der Waals surface area (Å²) in [5.74, 6) is 1.44. The lowest BCUT2D eigenvalue weighted by Crippen LogP contribution is -2.25. The number of rotatable bonds is 8. The van der Waals surface area contributed by atoms with Crippen molar-refractivity contribution in [2.24, 2.45) is 0 Å². The molecule has 0 aliphatic heterocycles. The lowest BCUT2D eigenvalue weighted by molar-refractivity contribution is -0.118. The Morgan fingerprint density at radius 1 is 1.00 bits per heavy atom. The van der Waals surface area contributed by atoms with E-state index in [1.165, 1.54) is 22.3 Å². The Kier molecular flexibility index (Phi) is 7.86. The van der Waals surface area contributed by atoms with E-state index in [1.54, 1.807) is 11.8 Å². The van der Waals surface area contributed by atoms with E-state index in [1.807, 2.05) is 12.1 Å². The number of carbonyl (C=O) groups is 1. The fraction of sp³-hybridized carbons (Fsp3) is 0.350. The third-order valence-corrected chi connectivity index (χ3v) is 5.48. The Morgan fingerprint density at radius 2 is 1.71 bits per heavy atom. The molecule has 0 heterocycles. The second-order valence-electron chi connectivity index (χ2n) is 5.71. The molecule has 1 amide bonds. The summed E-state index contributed by atoms with van der Waals surface area (Å²) >= 11 is 5.08. The van der Waals surface area contributed by atoms with Crippen molar-refractivity contribution in [3.63, 3.8) is 0 Å². The number of nitrogens with one attached hydrogen (secondary N) is 1. The zero-order chi connectivity index (χ0) is 17.4. The van der Waals surface area contributed by atoms with Crippen LogP contribution in [0.25, 0.3) is 0 Å². The summed E-state index contributed by atoms with van der Waals surface area (Å²) in [6.07, 6.45) is 2.02. The van der Waals surface area contributed by atoms with Crippen molar-refractivity contribution in [2.45, 2.75) is 39.0 Å². The van der Waals surface area contributed by atoms with Gasteiger partial charge in [-0.25, -0.2) is 0 Å². The molecule has 0 saturated heterocycles. The molecule has 2 aromatic rings. The zero-order valence-corrected chi connectivity index (χ0v) is 16.7. The molecule has 128 valence electrons. The molecule has 0 aliphatic carbocycles. The molecule has 0 bridgehead atoms. The maximum atomic E-state index is 12.1. The van der Waals surface area contributed by atoms with Gasteiger partial charge in [-0.15, -0.1) is 11.8 Å². The van der Waals surface area contributed by atoms with Gasteiger partial charge in [-0.1, -0.05) is 60.1 Å². The Bertz CT molecular complexity index is 670. The molecular weight excluding hydrogens is 382 g/mol. The number of benzene rings is 2. The largest absolute Gasteiger partial charge is 0.351 e. The van der Waals surface area contributed by atoms with Gasteiger partial charge >= 0.3 is 0 Å². The van der Waals surface area contributed by atoms with Crippen molar-refractivity contribution >= 4 is 33.6 Å². The SMILES string of the molecule is CCc1ccc(CC)c(CNC(=O)CSCc2ccc(Br)cc2)c1. The van der Waals surface area contributed by atoms with Gasteiger partial charge in [0, 0.05) is 16.8 Å². The normalized spacial score (nSPS) is 10.6. The van der Waals surface area contributed by atoms with Crippen LogP contribution in [0.3, 0.4) is 0 Å². The quantitative estimate of drug-likeness (QED) is 0.659. The molecule has 0 saturated carbocycles. The monoisotopic (exact) mass is 405 g/mol. The molecule has 0 atom stereocenters. The van der Waals surface area contributed by atoms with Gasteiger partial charge in [0.1, 0.15) is 0 Å². The van der Waals surface area contributed by atoms with E-state index in [2.05, 4.69) is 65.4 Å². The van der Waals surface area contributed by atoms with Gasteiger partial charge in [-0.2, -0.15) is 0 Å². The number of thioether (sulfide) groups is 1. The van der Waals surface area contributed by atoms with Gasteiger partial charge in [0.15, 0.2) is 0 Å². The number of carbonyl (C=O) groups excluding carboxylic acids is 1. The second-order valence-corrected chi connectivity index (χ2v) is 7.61. The van der Waals surface area contributed by atoms with Gasteiger partial charge in [0.2, 0.25) is 5.91 Å². The first-order valence-corrected chi connectivity index (χ1v) is 10.3. The summed E-state index contributed by atoms with van der Waals surface area (Å²) in [6.45, 7) is 4.93. The average Bonchev–Trinajstić information content (AvgIpc) is 2.61. The molecule has 1 N–H and O–H groups in total. The van der Waals surface area contributed by atoms with Crippen molar-refractivity contribution < 1.29 is 4.79 Å². The van der Waals surface area contributed by atoms with Crippen molar-refractivity contribution in [3.8, 4) is 0 Å². The van der Waals surface area contributed by atoms with Gasteiger partial charge < -0.3 is 5.32 Å². The van der Waals surface area contributed by atoms with Crippen LogP contribution in [0, 0.1) is 0 Å². The van der Waals surface area contributed by atoms with Crippen LogP contribution in [0.15, 0.2) is 46.9 Å². The molecule has 0 unspecified atom stereocenters. The van der Waals surface area contributed by atoms with Crippen molar-refractivity contribution in [2.75, 3.05) is 5.75 Å². The summed E-state index contributed by atoms with van der Waals surface area (Å²) in [4.78, 5) is 12.1. The standard InChI is InChI=1S/C20H24BrNOS/c1-3-15-5-8-17(4-2)18(11-15)12-22-20(23)14-24-13-16-6-9-19(21)10-7-16/h5-11H,3-4,12-14H2,1-2H3,(H,22,23). The molecule has 0 aliphatic rings. The molecule has 2 aromatic carbocycles. The predicted octanol–water partition coefficient (Wildman–Crippen LogP) is 5.12. The second kappa shape index (κ2) is 9.90. The summed E-state index contributed by atoms with van der Waals surface area (Å²) in [5, 5.41) is 3.05. The van der Waals surface area contributed by atoms with E-state index < -0.39 is 0 Å². The lowest BCUT2D eigenvalue weighted by Gasteiger charge is -2.11. The fourth-order valence-corrected chi connectivity index (χ4v) is 3.58. The summed E-state index contributed by atoms with van der Waals surface area (Å²) in [7, 11) is 0. The molecular formula is C20H24BrNOS. The Balaban J connectivity index is 1.79. The molecule has 0 aromatic heterocycles. The van der Waals surface area contributed by atoms with Crippen LogP contribution in [-0.4, -0.2) is 11.7 Å². The van der Waals surface area contributed by atoms with Crippen LogP contribution in [0.4, 0.5) is 0 Å². The van der Waals surface area contributed by atoms with Crippen molar-refractivity contribution in [3.05, 3.63) is 69.2 Å².